The highest BCUT2D eigenvalue weighted by atomic mass is 79.9. The van der Waals surface area contributed by atoms with E-state index < -0.39 is 0 Å². The molecule has 1 aromatic rings. The zero-order valence-corrected chi connectivity index (χ0v) is 9.25. The highest BCUT2D eigenvalue weighted by molar-refractivity contribution is 9.10. The van der Waals surface area contributed by atoms with Crippen LogP contribution in [0.5, 0.6) is 0 Å². The molecule has 0 spiro atoms. The Morgan fingerprint density at radius 3 is 2.50 bits per heavy atom. The maximum absolute atomic E-state index is 10.4. The quantitative estimate of drug-likeness (QED) is 0.616. The van der Waals surface area contributed by atoms with Crippen LogP contribution >= 0.6 is 39.3 Å². The van der Waals surface area contributed by atoms with Gasteiger partial charge in [0.15, 0.2) is 0 Å². The molecule has 0 aliphatic rings. The molecule has 0 aliphatic heterocycles. The van der Waals surface area contributed by atoms with Gasteiger partial charge < -0.3 is 0 Å². The molecule has 0 atom stereocenters. The molecule has 0 saturated heterocycles. The summed E-state index contributed by atoms with van der Waals surface area (Å²) in [4.78, 5) is 11.5. The average molecular weight is 266 g/mol. The summed E-state index contributed by atoms with van der Waals surface area (Å²) in [5.74, 6) is 0.323. The first-order valence-corrected chi connectivity index (χ1v) is 5.41. The first-order valence-electron chi connectivity index (χ1n) is 3.25. The van der Waals surface area contributed by atoms with Crippen LogP contribution in [0.4, 0.5) is 0 Å². The topological polar surface area (TPSA) is 17.1 Å². The predicted octanol–water partition coefficient (Wildman–Crippen LogP) is 3.31. The third-order valence-corrected chi connectivity index (χ3v) is 3.00. The number of benzene rings is 1. The molecule has 4 heteroatoms. The summed E-state index contributed by atoms with van der Waals surface area (Å²) in [6.07, 6.45) is 0. The molecule has 0 amide bonds. The van der Waals surface area contributed by atoms with Gasteiger partial charge in [0.05, 0.1) is 5.75 Å². The minimum absolute atomic E-state index is 0.317. The molecule has 12 heavy (non-hydrogen) atoms. The van der Waals surface area contributed by atoms with Crippen LogP contribution in [-0.2, 0) is 4.79 Å². The van der Waals surface area contributed by atoms with Crippen molar-refractivity contribution in [3.05, 3.63) is 28.7 Å². The van der Waals surface area contributed by atoms with Crippen molar-refractivity contribution in [1.82, 2.24) is 0 Å². The van der Waals surface area contributed by atoms with Gasteiger partial charge in [-0.05, 0) is 35.9 Å². The van der Waals surface area contributed by atoms with Gasteiger partial charge in [-0.15, -0.1) is 11.8 Å². The van der Waals surface area contributed by atoms with Crippen molar-refractivity contribution in [2.24, 2.45) is 0 Å². The summed E-state index contributed by atoms with van der Waals surface area (Å²) >= 11 is 9.95. The van der Waals surface area contributed by atoms with Crippen LogP contribution in [0, 0.1) is 0 Å². The van der Waals surface area contributed by atoms with E-state index in [-0.39, 0.29) is 5.24 Å². The summed E-state index contributed by atoms with van der Waals surface area (Å²) in [5.41, 5.74) is 0. The number of thioether (sulfide) groups is 1. The molecule has 64 valence electrons. The summed E-state index contributed by atoms with van der Waals surface area (Å²) in [6.45, 7) is 0. The lowest BCUT2D eigenvalue weighted by Gasteiger charge is -1.97. The van der Waals surface area contributed by atoms with Crippen molar-refractivity contribution in [3.63, 3.8) is 0 Å². The number of rotatable bonds is 3. The second-order valence-electron chi connectivity index (χ2n) is 2.10. The van der Waals surface area contributed by atoms with E-state index in [0.29, 0.717) is 5.75 Å². The summed E-state index contributed by atoms with van der Waals surface area (Å²) in [5, 5.41) is -0.317. The van der Waals surface area contributed by atoms with Crippen LogP contribution < -0.4 is 0 Å². The van der Waals surface area contributed by atoms with Crippen molar-refractivity contribution in [3.8, 4) is 0 Å². The molecule has 0 heterocycles. The number of halogens is 2. The van der Waals surface area contributed by atoms with Crippen LogP contribution in [0.25, 0.3) is 0 Å². The van der Waals surface area contributed by atoms with E-state index in [1.807, 2.05) is 24.3 Å². The molecule has 0 aliphatic carbocycles. The van der Waals surface area contributed by atoms with Crippen molar-refractivity contribution < 1.29 is 4.79 Å². The first-order chi connectivity index (χ1) is 5.68. The van der Waals surface area contributed by atoms with Crippen LogP contribution in [-0.4, -0.2) is 11.0 Å². The maximum atomic E-state index is 10.4. The molecule has 0 N–H and O–H groups in total. The van der Waals surface area contributed by atoms with Crippen LogP contribution in [0.3, 0.4) is 0 Å². The molecule has 0 saturated carbocycles. The Morgan fingerprint density at radius 1 is 1.42 bits per heavy atom. The Balaban J connectivity index is 2.53. The lowest BCUT2D eigenvalue weighted by molar-refractivity contribution is -0.109. The van der Waals surface area contributed by atoms with Gasteiger partial charge in [-0.25, -0.2) is 0 Å². The number of hydrogen-bond acceptors (Lipinski definition) is 2. The fraction of sp³-hybridized carbons (Fsp3) is 0.125. The Kier molecular flexibility index (Phi) is 4.12. The standard InChI is InChI=1S/C8H6BrClOS/c9-6-1-3-7(4-2-6)12-5-8(10)11/h1-4H,5H2. The fourth-order valence-corrected chi connectivity index (χ4v) is 1.71. The Labute approximate surface area is 88.6 Å². The van der Waals surface area contributed by atoms with Gasteiger partial charge in [-0.2, -0.15) is 0 Å². The molecule has 0 fully saturated rings. The Hall–Kier alpha value is 0.01000. The van der Waals surface area contributed by atoms with E-state index >= 15 is 0 Å². The van der Waals surface area contributed by atoms with Crippen LogP contribution in [0.2, 0.25) is 0 Å². The van der Waals surface area contributed by atoms with Crippen LogP contribution in [0.15, 0.2) is 33.6 Å². The van der Waals surface area contributed by atoms with E-state index in [2.05, 4.69) is 15.9 Å². The first kappa shape index (κ1) is 10.1. The highest BCUT2D eigenvalue weighted by Crippen LogP contribution is 2.20. The molecule has 0 radical (unpaired) electrons. The molecule has 1 nitrogen and oxygen atoms in total. The highest BCUT2D eigenvalue weighted by Gasteiger charge is 1.97. The number of carbonyl (C=O) groups excluding carboxylic acids is 1. The Bertz CT molecular complexity index is 273. The lowest BCUT2D eigenvalue weighted by atomic mass is 10.4. The largest absolute Gasteiger partial charge is 0.280 e. The van der Waals surface area contributed by atoms with Gasteiger partial charge in [0, 0.05) is 9.37 Å². The van der Waals surface area contributed by atoms with Gasteiger partial charge in [0.2, 0.25) is 5.24 Å². The second kappa shape index (κ2) is 4.90. The predicted molar refractivity (Wildman–Crippen MR) is 55.7 cm³/mol. The Morgan fingerprint density at radius 2 is 2.00 bits per heavy atom. The molecule has 0 aromatic heterocycles. The van der Waals surface area contributed by atoms with Gasteiger partial charge in [0.25, 0.3) is 0 Å². The fourth-order valence-electron chi connectivity index (χ4n) is 0.671. The molecular formula is C8H6BrClOS. The van der Waals surface area contributed by atoms with Gasteiger partial charge >= 0.3 is 0 Å². The summed E-state index contributed by atoms with van der Waals surface area (Å²) in [6, 6.07) is 7.74. The zero-order chi connectivity index (χ0) is 8.97. The molecule has 0 unspecified atom stereocenters. The minimum Gasteiger partial charge on any atom is -0.280 e. The summed E-state index contributed by atoms with van der Waals surface area (Å²) < 4.78 is 1.03. The van der Waals surface area contributed by atoms with Crippen molar-refractivity contribution in [2.75, 3.05) is 5.75 Å². The number of hydrogen-bond donors (Lipinski definition) is 0. The van der Waals surface area contributed by atoms with Crippen molar-refractivity contribution >= 4 is 44.5 Å². The van der Waals surface area contributed by atoms with Gasteiger partial charge in [0.1, 0.15) is 0 Å². The van der Waals surface area contributed by atoms with Crippen molar-refractivity contribution in [2.45, 2.75) is 4.90 Å². The van der Waals surface area contributed by atoms with E-state index in [1.165, 1.54) is 11.8 Å². The minimum atomic E-state index is -0.317. The van der Waals surface area contributed by atoms with Crippen LogP contribution in [0.1, 0.15) is 0 Å². The van der Waals surface area contributed by atoms with Gasteiger partial charge in [-0.1, -0.05) is 15.9 Å². The lowest BCUT2D eigenvalue weighted by Crippen LogP contribution is -1.88. The molecule has 1 aromatic carbocycles. The third kappa shape index (κ3) is 3.61. The van der Waals surface area contributed by atoms with E-state index in [1.54, 1.807) is 0 Å². The van der Waals surface area contributed by atoms with E-state index in [0.717, 1.165) is 9.37 Å². The second-order valence-corrected chi connectivity index (χ2v) is 4.48. The molecule has 0 bridgehead atoms. The monoisotopic (exact) mass is 264 g/mol. The smallest absolute Gasteiger partial charge is 0.231 e. The molecule has 1 rings (SSSR count). The van der Waals surface area contributed by atoms with Gasteiger partial charge in [-0.3, -0.25) is 4.79 Å². The van der Waals surface area contributed by atoms with E-state index in [9.17, 15) is 4.79 Å². The maximum Gasteiger partial charge on any atom is 0.231 e. The zero-order valence-electron chi connectivity index (χ0n) is 6.09. The average Bonchev–Trinajstić information content (AvgIpc) is 2.03. The number of carbonyl (C=O) groups is 1. The van der Waals surface area contributed by atoms with Crippen molar-refractivity contribution in [1.29, 1.82) is 0 Å². The third-order valence-electron chi connectivity index (χ3n) is 1.17. The normalized spacial score (nSPS) is 9.83. The molecular weight excluding hydrogens is 260 g/mol. The van der Waals surface area contributed by atoms with E-state index in [4.69, 9.17) is 11.6 Å². The SMILES string of the molecule is O=C(Cl)CSc1ccc(Br)cc1. The summed E-state index contributed by atoms with van der Waals surface area (Å²) in [7, 11) is 0.